The Bertz CT molecular complexity index is 1310. The zero-order valence-corrected chi connectivity index (χ0v) is 19.6. The number of para-hydroxylation sites is 1. The monoisotopic (exact) mass is 456 g/mol. The molecule has 1 N–H and O–H groups in total. The number of pyridine rings is 1. The zero-order valence-electron chi connectivity index (χ0n) is 18.8. The van der Waals surface area contributed by atoms with Crippen molar-refractivity contribution in [3.63, 3.8) is 0 Å². The highest BCUT2D eigenvalue weighted by Gasteiger charge is 2.42. The molecule has 2 atom stereocenters. The fourth-order valence-corrected chi connectivity index (χ4v) is 5.09. The van der Waals surface area contributed by atoms with Crippen molar-refractivity contribution in [1.29, 1.82) is 0 Å². The molecule has 2 aromatic heterocycles. The summed E-state index contributed by atoms with van der Waals surface area (Å²) in [6.45, 7) is 6.12. The number of thiocarbonyl (C=S) groups is 1. The quantitative estimate of drug-likeness (QED) is 0.376. The van der Waals surface area contributed by atoms with Crippen LogP contribution in [0.1, 0.15) is 40.3 Å². The zero-order chi connectivity index (χ0) is 23.1. The molecular weight excluding hydrogens is 431 g/mol. The van der Waals surface area contributed by atoms with Gasteiger partial charge in [0.15, 0.2) is 5.11 Å². The molecular formula is C27H25FN4S. The van der Waals surface area contributed by atoms with Gasteiger partial charge >= 0.3 is 0 Å². The van der Waals surface area contributed by atoms with Crippen LogP contribution < -0.4 is 10.2 Å². The van der Waals surface area contributed by atoms with Crippen molar-refractivity contribution in [2.75, 3.05) is 4.90 Å². The Morgan fingerprint density at radius 3 is 2.36 bits per heavy atom. The van der Waals surface area contributed by atoms with Crippen LogP contribution in [0.15, 0.2) is 79.0 Å². The summed E-state index contributed by atoms with van der Waals surface area (Å²) in [4.78, 5) is 6.78. The number of aromatic nitrogens is 2. The van der Waals surface area contributed by atoms with E-state index < -0.39 is 0 Å². The minimum absolute atomic E-state index is 0.137. The molecule has 1 aliphatic rings. The lowest BCUT2D eigenvalue weighted by atomic mass is 9.96. The molecule has 166 valence electrons. The molecule has 5 rings (SSSR count). The van der Waals surface area contributed by atoms with Gasteiger partial charge in [-0.15, -0.1) is 0 Å². The van der Waals surface area contributed by atoms with Gasteiger partial charge in [0.1, 0.15) is 5.82 Å². The van der Waals surface area contributed by atoms with Crippen molar-refractivity contribution in [1.82, 2.24) is 14.9 Å². The molecule has 0 amide bonds. The lowest BCUT2D eigenvalue weighted by molar-refractivity contribution is 0.564. The second-order valence-corrected chi connectivity index (χ2v) is 8.83. The first-order valence-corrected chi connectivity index (χ1v) is 11.4. The molecule has 1 fully saturated rings. The predicted molar refractivity (Wildman–Crippen MR) is 134 cm³/mol. The van der Waals surface area contributed by atoms with Gasteiger partial charge in [-0.1, -0.05) is 35.9 Å². The molecule has 33 heavy (non-hydrogen) atoms. The lowest BCUT2D eigenvalue weighted by Crippen LogP contribution is -2.29. The average Bonchev–Trinajstić information content (AvgIpc) is 3.31. The molecule has 3 heterocycles. The fraction of sp³-hybridized carbons (Fsp3) is 0.185. The summed E-state index contributed by atoms with van der Waals surface area (Å²) >= 11 is 5.83. The first-order valence-electron chi connectivity index (χ1n) is 11.0. The van der Waals surface area contributed by atoms with E-state index in [1.165, 1.54) is 11.6 Å². The third-order valence-corrected chi connectivity index (χ3v) is 6.61. The largest absolute Gasteiger partial charge is 0.351 e. The van der Waals surface area contributed by atoms with E-state index in [0.717, 1.165) is 28.3 Å². The van der Waals surface area contributed by atoms with Crippen LogP contribution in [0.5, 0.6) is 0 Å². The number of nitrogens with one attached hydrogen (secondary N) is 1. The Hall–Kier alpha value is -3.51. The molecule has 1 aliphatic heterocycles. The van der Waals surface area contributed by atoms with E-state index in [1.807, 2.05) is 48.7 Å². The molecule has 2 aromatic carbocycles. The normalized spacial score (nSPS) is 17.9. The maximum Gasteiger partial charge on any atom is 0.174 e. The van der Waals surface area contributed by atoms with Gasteiger partial charge in [-0.2, -0.15) is 0 Å². The topological polar surface area (TPSA) is 33.1 Å². The molecule has 4 aromatic rings. The molecule has 1 saturated heterocycles. The smallest absolute Gasteiger partial charge is 0.174 e. The maximum atomic E-state index is 14.7. The Morgan fingerprint density at radius 2 is 1.67 bits per heavy atom. The van der Waals surface area contributed by atoms with Crippen LogP contribution in [-0.2, 0) is 0 Å². The average molecular weight is 457 g/mol. The van der Waals surface area contributed by atoms with E-state index in [0.29, 0.717) is 10.8 Å². The summed E-state index contributed by atoms with van der Waals surface area (Å²) in [5.74, 6) is -0.248. The Labute approximate surface area is 198 Å². The summed E-state index contributed by atoms with van der Waals surface area (Å²) < 4.78 is 16.7. The van der Waals surface area contributed by atoms with Crippen molar-refractivity contribution in [3.05, 3.63) is 113 Å². The molecule has 0 unspecified atom stereocenters. The summed E-state index contributed by atoms with van der Waals surface area (Å²) in [5, 5.41) is 4.15. The number of hydrogen-bond acceptors (Lipinski definition) is 2. The van der Waals surface area contributed by atoms with Gasteiger partial charge in [-0.25, -0.2) is 4.39 Å². The highest BCUT2D eigenvalue weighted by molar-refractivity contribution is 7.80. The number of halogens is 1. The highest BCUT2D eigenvalue weighted by atomic mass is 32.1. The van der Waals surface area contributed by atoms with Crippen molar-refractivity contribution < 1.29 is 4.39 Å². The number of nitrogens with zero attached hydrogens (tertiary/aromatic N) is 3. The van der Waals surface area contributed by atoms with E-state index in [9.17, 15) is 4.39 Å². The van der Waals surface area contributed by atoms with Crippen LogP contribution in [0.3, 0.4) is 0 Å². The summed E-state index contributed by atoms with van der Waals surface area (Å²) in [6.07, 6.45) is 1.80. The number of anilines is 1. The molecule has 0 saturated carbocycles. The van der Waals surface area contributed by atoms with Crippen LogP contribution in [0.4, 0.5) is 10.1 Å². The van der Waals surface area contributed by atoms with Crippen molar-refractivity contribution in [2.24, 2.45) is 0 Å². The minimum atomic E-state index is -0.248. The number of aryl methyl sites for hydroxylation is 2. The van der Waals surface area contributed by atoms with Gasteiger partial charge in [0.25, 0.3) is 0 Å². The number of benzene rings is 2. The minimum Gasteiger partial charge on any atom is -0.351 e. The second kappa shape index (κ2) is 8.45. The number of hydrogen-bond donors (Lipinski definition) is 1. The van der Waals surface area contributed by atoms with Gasteiger partial charge in [-0.3, -0.25) is 4.98 Å². The Balaban J connectivity index is 1.69. The molecule has 0 aliphatic carbocycles. The van der Waals surface area contributed by atoms with Gasteiger partial charge in [0.05, 0.1) is 23.5 Å². The highest BCUT2D eigenvalue weighted by Crippen LogP contribution is 2.43. The van der Waals surface area contributed by atoms with E-state index in [-0.39, 0.29) is 17.9 Å². The van der Waals surface area contributed by atoms with E-state index >= 15 is 0 Å². The third kappa shape index (κ3) is 3.70. The fourth-order valence-electron chi connectivity index (χ4n) is 4.75. The van der Waals surface area contributed by atoms with Crippen LogP contribution in [0.2, 0.25) is 0 Å². The van der Waals surface area contributed by atoms with E-state index in [4.69, 9.17) is 12.2 Å². The van der Waals surface area contributed by atoms with Crippen molar-refractivity contribution in [3.8, 4) is 5.69 Å². The van der Waals surface area contributed by atoms with Crippen LogP contribution in [0.25, 0.3) is 5.69 Å². The summed E-state index contributed by atoms with van der Waals surface area (Å²) in [7, 11) is 0. The summed E-state index contributed by atoms with van der Waals surface area (Å²) in [6, 6.07) is 23.0. The van der Waals surface area contributed by atoms with Crippen LogP contribution >= 0.6 is 12.2 Å². The van der Waals surface area contributed by atoms with Crippen molar-refractivity contribution >= 4 is 23.0 Å². The van der Waals surface area contributed by atoms with Gasteiger partial charge in [-0.05, 0) is 81.0 Å². The second-order valence-electron chi connectivity index (χ2n) is 8.45. The molecule has 6 heteroatoms. The van der Waals surface area contributed by atoms with Crippen LogP contribution in [0, 0.1) is 26.6 Å². The van der Waals surface area contributed by atoms with Crippen LogP contribution in [-0.4, -0.2) is 14.7 Å². The molecule has 0 spiro atoms. The third-order valence-electron chi connectivity index (χ3n) is 6.29. The molecule has 4 nitrogen and oxygen atoms in total. The number of rotatable bonds is 4. The molecule has 0 radical (unpaired) electrons. The molecule has 0 bridgehead atoms. The van der Waals surface area contributed by atoms with E-state index in [1.54, 1.807) is 12.3 Å². The SMILES string of the molecule is Cc1ccc(N2C(=S)N[C@H](c3ccccn3)[C@H]2c2cc(C)n(-c3ccccc3F)c2C)cc1. The summed E-state index contributed by atoms with van der Waals surface area (Å²) in [5.41, 5.74) is 6.68. The standard InChI is InChI=1S/C27H25FN4S/c1-17-11-13-20(14-12-17)32-26(25(30-27(32)33)23-9-6-7-15-29-23)21-16-18(2)31(19(21)3)24-10-5-4-8-22(24)28/h4-16,25-26H,1-3H3,(H,30,33)/t25-,26-/m1/s1. The van der Waals surface area contributed by atoms with E-state index in [2.05, 4.69) is 52.5 Å². The first-order chi connectivity index (χ1) is 16.0. The van der Waals surface area contributed by atoms with Gasteiger partial charge in [0, 0.05) is 23.3 Å². The van der Waals surface area contributed by atoms with Gasteiger partial charge in [0.2, 0.25) is 0 Å². The Morgan fingerprint density at radius 1 is 0.939 bits per heavy atom. The predicted octanol–water partition coefficient (Wildman–Crippen LogP) is 6.11. The first kappa shape index (κ1) is 21.3. The Kier molecular flexibility index (Phi) is 5.46. The lowest BCUT2D eigenvalue weighted by Gasteiger charge is -2.28. The van der Waals surface area contributed by atoms with Gasteiger partial charge < -0.3 is 14.8 Å². The maximum absolute atomic E-state index is 14.7. The van der Waals surface area contributed by atoms with Crippen molar-refractivity contribution in [2.45, 2.75) is 32.9 Å².